The molecule has 1 aromatic heterocycles. The van der Waals surface area contributed by atoms with Gasteiger partial charge in [0, 0.05) is 19.1 Å². The molecule has 4 N–H and O–H groups in total. The maximum atomic E-state index is 10.8. The number of nitriles is 1. The van der Waals surface area contributed by atoms with E-state index in [0.29, 0.717) is 31.9 Å². The van der Waals surface area contributed by atoms with E-state index in [1.165, 1.54) is 11.1 Å². The van der Waals surface area contributed by atoms with Gasteiger partial charge in [0.05, 0.1) is 6.20 Å². The van der Waals surface area contributed by atoms with Gasteiger partial charge in [0.25, 0.3) is 0 Å². The fourth-order valence-electron chi connectivity index (χ4n) is 1.95. The van der Waals surface area contributed by atoms with Crippen LogP contribution in [0.2, 0.25) is 0 Å². The van der Waals surface area contributed by atoms with Crippen molar-refractivity contribution in [2.24, 2.45) is 0 Å². The van der Waals surface area contributed by atoms with Gasteiger partial charge >= 0.3 is 6.09 Å². The Hall–Kier alpha value is -2.56. The van der Waals surface area contributed by atoms with Gasteiger partial charge in [-0.15, -0.1) is 0 Å². The fourth-order valence-corrected chi connectivity index (χ4v) is 1.95. The van der Waals surface area contributed by atoms with E-state index in [4.69, 9.17) is 16.1 Å². The summed E-state index contributed by atoms with van der Waals surface area (Å²) in [4.78, 5) is 20.1. The smallest absolute Gasteiger partial charge is 0.407 e. The molecule has 0 radical (unpaired) electrons. The summed E-state index contributed by atoms with van der Waals surface area (Å²) in [7, 11) is 0. The molecule has 1 aliphatic heterocycles. The van der Waals surface area contributed by atoms with E-state index in [9.17, 15) is 4.79 Å². The second kappa shape index (κ2) is 5.39. The molecule has 0 spiro atoms. The van der Waals surface area contributed by atoms with Gasteiger partial charge < -0.3 is 21.1 Å². The van der Waals surface area contributed by atoms with E-state index in [2.05, 4.69) is 15.3 Å². The molecular weight excluding hydrogens is 248 g/mol. The number of likely N-dealkylation sites (tertiary alicyclic amines) is 1. The van der Waals surface area contributed by atoms with Crippen molar-refractivity contribution in [2.45, 2.75) is 18.9 Å². The lowest BCUT2D eigenvalue weighted by atomic mass is 10.1. The van der Waals surface area contributed by atoms with Crippen LogP contribution < -0.4 is 11.1 Å². The zero-order valence-electron chi connectivity index (χ0n) is 10.2. The lowest BCUT2D eigenvalue weighted by Crippen LogP contribution is -2.41. The number of carboxylic acid groups (broad SMARTS) is 1. The molecular formula is C11H14N6O2. The molecule has 8 nitrogen and oxygen atoms in total. The first-order valence-electron chi connectivity index (χ1n) is 5.87. The number of nitrogens with zero attached hydrogens (tertiary/aromatic N) is 4. The number of anilines is 2. The van der Waals surface area contributed by atoms with Gasteiger partial charge in [-0.1, -0.05) is 0 Å². The number of nitrogen functional groups attached to an aromatic ring is 1. The number of rotatable bonds is 2. The van der Waals surface area contributed by atoms with E-state index in [-0.39, 0.29) is 17.4 Å². The zero-order valence-corrected chi connectivity index (χ0v) is 10.2. The summed E-state index contributed by atoms with van der Waals surface area (Å²) in [6.07, 6.45) is 1.86. The van der Waals surface area contributed by atoms with E-state index < -0.39 is 6.09 Å². The Labute approximate surface area is 109 Å². The van der Waals surface area contributed by atoms with Crippen LogP contribution in [-0.2, 0) is 0 Å². The molecule has 8 heteroatoms. The topological polar surface area (TPSA) is 128 Å². The molecule has 0 atom stereocenters. The highest BCUT2D eigenvalue weighted by atomic mass is 16.4. The minimum Gasteiger partial charge on any atom is -0.465 e. The number of nitrogens with two attached hydrogens (primary N) is 1. The Bertz CT molecular complexity index is 518. The fraction of sp³-hybridized carbons (Fsp3) is 0.455. The highest BCUT2D eigenvalue weighted by molar-refractivity contribution is 5.65. The minimum absolute atomic E-state index is 0.114. The van der Waals surface area contributed by atoms with E-state index >= 15 is 0 Å². The first-order chi connectivity index (χ1) is 9.10. The lowest BCUT2D eigenvalue weighted by Gasteiger charge is -2.30. The molecule has 0 aromatic carbocycles. The molecule has 1 aliphatic rings. The van der Waals surface area contributed by atoms with Crippen molar-refractivity contribution in [1.29, 1.82) is 5.26 Å². The van der Waals surface area contributed by atoms with Crippen molar-refractivity contribution < 1.29 is 9.90 Å². The second-order valence-electron chi connectivity index (χ2n) is 4.29. The van der Waals surface area contributed by atoms with Crippen LogP contribution in [0.15, 0.2) is 6.20 Å². The van der Waals surface area contributed by atoms with E-state index in [1.807, 2.05) is 6.07 Å². The van der Waals surface area contributed by atoms with Crippen molar-refractivity contribution in [3.63, 3.8) is 0 Å². The summed E-state index contributed by atoms with van der Waals surface area (Å²) in [5, 5.41) is 20.7. The minimum atomic E-state index is -0.891. The molecule has 1 fully saturated rings. The van der Waals surface area contributed by atoms with E-state index in [1.54, 1.807) is 0 Å². The monoisotopic (exact) mass is 262 g/mol. The van der Waals surface area contributed by atoms with Crippen molar-refractivity contribution in [2.75, 3.05) is 24.1 Å². The van der Waals surface area contributed by atoms with Gasteiger partial charge in [-0.2, -0.15) is 10.2 Å². The zero-order chi connectivity index (χ0) is 13.8. The van der Waals surface area contributed by atoms with Crippen molar-refractivity contribution in [3.8, 4) is 6.07 Å². The third-order valence-electron chi connectivity index (χ3n) is 3.04. The van der Waals surface area contributed by atoms with Crippen LogP contribution in [0.1, 0.15) is 18.4 Å². The Morgan fingerprint density at radius 2 is 2.26 bits per heavy atom. The van der Waals surface area contributed by atoms with Crippen LogP contribution in [0, 0.1) is 11.3 Å². The number of hydrogen-bond donors (Lipinski definition) is 3. The number of piperidine rings is 1. The Morgan fingerprint density at radius 1 is 1.58 bits per heavy atom. The summed E-state index contributed by atoms with van der Waals surface area (Å²) in [6, 6.07) is 2.01. The average Bonchev–Trinajstić information content (AvgIpc) is 2.39. The standard InChI is InChI=1S/C11H14N6O2/c12-5-7-6-14-10(16-9(7)13)15-8-1-3-17(4-2-8)11(18)19/h6,8H,1-4H2,(H,18,19)(H3,13,14,15,16). The molecule has 0 bridgehead atoms. The lowest BCUT2D eigenvalue weighted by molar-refractivity contribution is 0.133. The van der Waals surface area contributed by atoms with Gasteiger partial charge in [-0.05, 0) is 12.8 Å². The third-order valence-corrected chi connectivity index (χ3v) is 3.04. The Kier molecular flexibility index (Phi) is 3.66. The summed E-state index contributed by atoms with van der Waals surface area (Å²) in [5.41, 5.74) is 5.84. The number of hydrogen-bond acceptors (Lipinski definition) is 6. The second-order valence-corrected chi connectivity index (χ2v) is 4.29. The predicted octanol–water partition coefficient (Wildman–Crippen LogP) is 0.485. The number of aromatic nitrogens is 2. The highest BCUT2D eigenvalue weighted by Crippen LogP contribution is 2.15. The molecule has 1 aromatic rings. The first-order valence-corrected chi connectivity index (χ1v) is 5.87. The molecule has 0 aliphatic carbocycles. The SMILES string of the molecule is N#Cc1cnc(NC2CCN(C(=O)O)CC2)nc1N. The molecule has 100 valence electrons. The Morgan fingerprint density at radius 3 is 2.79 bits per heavy atom. The normalized spacial score (nSPS) is 15.8. The van der Waals surface area contributed by atoms with Crippen LogP contribution in [0.25, 0.3) is 0 Å². The maximum Gasteiger partial charge on any atom is 0.407 e. The van der Waals surface area contributed by atoms with Crippen LogP contribution in [0.5, 0.6) is 0 Å². The largest absolute Gasteiger partial charge is 0.465 e. The summed E-state index contributed by atoms with van der Waals surface area (Å²) in [5.74, 6) is 0.508. The van der Waals surface area contributed by atoms with Crippen molar-refractivity contribution >= 4 is 17.9 Å². The number of amides is 1. The number of nitrogens with one attached hydrogen (secondary N) is 1. The van der Waals surface area contributed by atoms with Gasteiger partial charge in [-0.3, -0.25) is 0 Å². The summed E-state index contributed by atoms with van der Waals surface area (Å²) in [6.45, 7) is 0.970. The quantitative estimate of drug-likeness (QED) is 0.707. The summed E-state index contributed by atoms with van der Waals surface area (Å²) < 4.78 is 0. The maximum absolute atomic E-state index is 10.8. The van der Waals surface area contributed by atoms with Crippen molar-refractivity contribution in [3.05, 3.63) is 11.8 Å². The first kappa shape index (κ1) is 12.9. The van der Waals surface area contributed by atoms with Crippen LogP contribution in [0.4, 0.5) is 16.6 Å². The molecule has 2 heterocycles. The molecule has 1 saturated heterocycles. The van der Waals surface area contributed by atoms with Crippen molar-refractivity contribution in [1.82, 2.24) is 14.9 Å². The van der Waals surface area contributed by atoms with Crippen LogP contribution in [0.3, 0.4) is 0 Å². The van der Waals surface area contributed by atoms with E-state index in [0.717, 1.165) is 0 Å². The highest BCUT2D eigenvalue weighted by Gasteiger charge is 2.22. The molecule has 2 rings (SSSR count). The van der Waals surface area contributed by atoms with Gasteiger partial charge in [0.1, 0.15) is 17.5 Å². The molecule has 0 saturated carbocycles. The average molecular weight is 262 g/mol. The molecule has 0 unspecified atom stereocenters. The predicted molar refractivity (Wildman–Crippen MR) is 67.4 cm³/mol. The van der Waals surface area contributed by atoms with Gasteiger partial charge in [0.15, 0.2) is 0 Å². The Balaban J connectivity index is 1.94. The third kappa shape index (κ3) is 3.01. The van der Waals surface area contributed by atoms with Crippen LogP contribution >= 0.6 is 0 Å². The molecule has 1 amide bonds. The van der Waals surface area contributed by atoms with Gasteiger partial charge in [-0.25, -0.2) is 9.78 Å². The van der Waals surface area contributed by atoms with Gasteiger partial charge in [0.2, 0.25) is 5.95 Å². The van der Waals surface area contributed by atoms with Crippen LogP contribution in [-0.4, -0.2) is 45.2 Å². The molecule has 19 heavy (non-hydrogen) atoms. The summed E-state index contributed by atoms with van der Waals surface area (Å²) >= 11 is 0. The number of carbonyl (C=O) groups is 1.